The first-order valence-electron chi connectivity index (χ1n) is 4.59. The van der Waals surface area contributed by atoms with Crippen molar-refractivity contribution in [1.29, 1.82) is 0 Å². The first-order chi connectivity index (χ1) is 6.93. The SMILES string of the molecule is CC=CC=CC=CC=Cc1ccco1. The normalized spacial score (nSPS) is 12.9. The molecule has 0 N–H and O–H groups in total. The zero-order valence-corrected chi connectivity index (χ0v) is 8.26. The van der Waals surface area contributed by atoms with Crippen molar-refractivity contribution >= 4 is 6.08 Å². The molecule has 0 aromatic carbocycles. The van der Waals surface area contributed by atoms with Crippen LogP contribution in [0.3, 0.4) is 0 Å². The summed E-state index contributed by atoms with van der Waals surface area (Å²) in [6.07, 6.45) is 17.4. The second-order valence-corrected chi connectivity index (χ2v) is 2.67. The maximum Gasteiger partial charge on any atom is 0.126 e. The van der Waals surface area contributed by atoms with Gasteiger partial charge in [-0.25, -0.2) is 0 Å². The third-order valence-electron chi connectivity index (χ3n) is 1.55. The monoisotopic (exact) mass is 186 g/mol. The fraction of sp³-hybridized carbons (Fsp3) is 0.0769. The fourth-order valence-corrected chi connectivity index (χ4v) is 0.904. The molecule has 1 nitrogen and oxygen atoms in total. The van der Waals surface area contributed by atoms with E-state index in [-0.39, 0.29) is 0 Å². The molecule has 1 heteroatoms. The molecule has 0 bridgehead atoms. The summed E-state index contributed by atoms with van der Waals surface area (Å²) in [6, 6.07) is 3.79. The summed E-state index contributed by atoms with van der Waals surface area (Å²) in [6.45, 7) is 1.99. The van der Waals surface area contributed by atoms with Crippen molar-refractivity contribution in [1.82, 2.24) is 0 Å². The van der Waals surface area contributed by atoms with Crippen molar-refractivity contribution < 1.29 is 4.42 Å². The Morgan fingerprint density at radius 2 is 1.71 bits per heavy atom. The fourth-order valence-electron chi connectivity index (χ4n) is 0.904. The van der Waals surface area contributed by atoms with Gasteiger partial charge in [-0.2, -0.15) is 0 Å². The number of furan rings is 1. The van der Waals surface area contributed by atoms with Crippen LogP contribution in [0.25, 0.3) is 6.08 Å². The Morgan fingerprint density at radius 3 is 2.36 bits per heavy atom. The number of hydrogen-bond donors (Lipinski definition) is 0. The van der Waals surface area contributed by atoms with Gasteiger partial charge in [-0.1, -0.05) is 42.5 Å². The van der Waals surface area contributed by atoms with Crippen molar-refractivity contribution in [2.24, 2.45) is 0 Å². The highest BCUT2D eigenvalue weighted by atomic mass is 16.3. The average molecular weight is 186 g/mol. The number of rotatable bonds is 4. The van der Waals surface area contributed by atoms with Gasteiger partial charge in [0.05, 0.1) is 6.26 Å². The van der Waals surface area contributed by atoms with Crippen LogP contribution in [0.2, 0.25) is 0 Å². The molecule has 0 unspecified atom stereocenters. The van der Waals surface area contributed by atoms with Crippen LogP contribution in [0, 0.1) is 0 Å². The van der Waals surface area contributed by atoms with Crippen LogP contribution >= 0.6 is 0 Å². The van der Waals surface area contributed by atoms with Crippen LogP contribution in [0.5, 0.6) is 0 Å². The highest BCUT2D eigenvalue weighted by Gasteiger charge is 1.82. The third-order valence-corrected chi connectivity index (χ3v) is 1.55. The molecular weight excluding hydrogens is 172 g/mol. The Morgan fingerprint density at radius 1 is 1.00 bits per heavy atom. The van der Waals surface area contributed by atoms with Gasteiger partial charge in [-0.3, -0.25) is 0 Å². The molecule has 1 heterocycles. The van der Waals surface area contributed by atoms with Crippen LogP contribution < -0.4 is 0 Å². The Bertz CT molecular complexity index is 337. The lowest BCUT2D eigenvalue weighted by Crippen LogP contribution is -1.57. The molecule has 14 heavy (non-hydrogen) atoms. The summed E-state index contributed by atoms with van der Waals surface area (Å²) in [5.41, 5.74) is 0. The van der Waals surface area contributed by atoms with Crippen molar-refractivity contribution in [3.8, 4) is 0 Å². The minimum atomic E-state index is 0.868. The van der Waals surface area contributed by atoms with Crippen molar-refractivity contribution in [3.05, 3.63) is 66.7 Å². The summed E-state index contributed by atoms with van der Waals surface area (Å²) >= 11 is 0. The maximum absolute atomic E-state index is 5.13. The van der Waals surface area contributed by atoms with E-state index in [1.807, 2.05) is 67.7 Å². The molecular formula is C13H14O. The molecule has 72 valence electrons. The zero-order valence-electron chi connectivity index (χ0n) is 8.26. The van der Waals surface area contributed by atoms with Crippen LogP contribution in [0.4, 0.5) is 0 Å². The molecule has 1 aromatic rings. The van der Waals surface area contributed by atoms with E-state index in [1.54, 1.807) is 6.26 Å². The number of hydrogen-bond acceptors (Lipinski definition) is 1. The molecule has 0 amide bonds. The molecule has 0 fully saturated rings. The van der Waals surface area contributed by atoms with Gasteiger partial charge in [-0.05, 0) is 25.1 Å². The summed E-state index contributed by atoms with van der Waals surface area (Å²) in [5.74, 6) is 0.868. The summed E-state index contributed by atoms with van der Waals surface area (Å²) < 4.78 is 5.13. The lowest BCUT2D eigenvalue weighted by Gasteiger charge is -1.79. The predicted octanol–water partition coefficient (Wildman–Crippen LogP) is 3.98. The molecule has 0 aliphatic carbocycles. The molecule has 0 aliphatic heterocycles. The van der Waals surface area contributed by atoms with Gasteiger partial charge in [0.25, 0.3) is 0 Å². The largest absolute Gasteiger partial charge is 0.465 e. The molecule has 0 saturated carbocycles. The van der Waals surface area contributed by atoms with E-state index in [2.05, 4.69) is 0 Å². The molecule has 0 aliphatic rings. The first kappa shape index (κ1) is 10.3. The molecule has 1 aromatic heterocycles. The Balaban J connectivity index is 2.33. The van der Waals surface area contributed by atoms with E-state index in [9.17, 15) is 0 Å². The minimum absolute atomic E-state index is 0.868. The Labute approximate surface area is 84.8 Å². The van der Waals surface area contributed by atoms with Crippen LogP contribution in [0.1, 0.15) is 12.7 Å². The van der Waals surface area contributed by atoms with Gasteiger partial charge in [0.2, 0.25) is 0 Å². The Kier molecular flexibility index (Phi) is 4.96. The van der Waals surface area contributed by atoms with Crippen molar-refractivity contribution in [2.45, 2.75) is 6.92 Å². The molecule has 0 saturated heterocycles. The summed E-state index contributed by atoms with van der Waals surface area (Å²) in [7, 11) is 0. The van der Waals surface area contributed by atoms with E-state index < -0.39 is 0 Å². The van der Waals surface area contributed by atoms with Crippen molar-refractivity contribution in [2.75, 3.05) is 0 Å². The average Bonchev–Trinajstić information content (AvgIpc) is 2.69. The van der Waals surface area contributed by atoms with Crippen LogP contribution in [0.15, 0.2) is 65.3 Å². The highest BCUT2D eigenvalue weighted by molar-refractivity contribution is 5.44. The van der Waals surface area contributed by atoms with E-state index in [4.69, 9.17) is 4.42 Å². The van der Waals surface area contributed by atoms with Crippen molar-refractivity contribution in [3.63, 3.8) is 0 Å². The molecule has 0 spiro atoms. The standard InChI is InChI=1S/C13H14O/c1-2-3-4-5-6-7-8-10-13-11-9-12-14-13/h2-12H,1H3. The lowest BCUT2D eigenvalue weighted by atomic mass is 10.3. The van der Waals surface area contributed by atoms with E-state index in [0.29, 0.717) is 0 Å². The molecule has 0 radical (unpaired) electrons. The zero-order chi connectivity index (χ0) is 10.1. The summed E-state index contributed by atoms with van der Waals surface area (Å²) in [5, 5.41) is 0. The van der Waals surface area contributed by atoms with Gasteiger partial charge in [-0.15, -0.1) is 0 Å². The molecule has 1 rings (SSSR count). The lowest BCUT2D eigenvalue weighted by molar-refractivity contribution is 0.557. The minimum Gasteiger partial charge on any atom is -0.465 e. The predicted molar refractivity (Wildman–Crippen MR) is 60.8 cm³/mol. The maximum atomic E-state index is 5.13. The van der Waals surface area contributed by atoms with Crippen LogP contribution in [-0.2, 0) is 0 Å². The Hall–Kier alpha value is -1.76. The van der Waals surface area contributed by atoms with Gasteiger partial charge in [0.1, 0.15) is 5.76 Å². The smallest absolute Gasteiger partial charge is 0.126 e. The van der Waals surface area contributed by atoms with E-state index >= 15 is 0 Å². The molecule has 0 atom stereocenters. The van der Waals surface area contributed by atoms with Gasteiger partial charge < -0.3 is 4.42 Å². The van der Waals surface area contributed by atoms with Gasteiger partial charge >= 0.3 is 0 Å². The first-order valence-corrected chi connectivity index (χ1v) is 4.59. The topological polar surface area (TPSA) is 13.1 Å². The quantitative estimate of drug-likeness (QED) is 0.648. The van der Waals surface area contributed by atoms with E-state index in [1.165, 1.54) is 0 Å². The summed E-state index contributed by atoms with van der Waals surface area (Å²) in [4.78, 5) is 0. The highest BCUT2D eigenvalue weighted by Crippen LogP contribution is 2.01. The number of allylic oxidation sites excluding steroid dienone is 7. The van der Waals surface area contributed by atoms with E-state index in [0.717, 1.165) is 5.76 Å². The second-order valence-electron chi connectivity index (χ2n) is 2.67. The van der Waals surface area contributed by atoms with Gasteiger partial charge in [0, 0.05) is 0 Å². The third kappa shape index (κ3) is 4.31. The second kappa shape index (κ2) is 6.72. The van der Waals surface area contributed by atoms with Crippen LogP contribution in [-0.4, -0.2) is 0 Å². The van der Waals surface area contributed by atoms with Gasteiger partial charge in [0.15, 0.2) is 0 Å².